The first-order valence-corrected chi connectivity index (χ1v) is 15.5. The van der Waals surface area contributed by atoms with Crippen LogP contribution in [0.2, 0.25) is 0 Å². The van der Waals surface area contributed by atoms with Crippen LogP contribution < -0.4 is 10.4 Å². The fraction of sp³-hybridized carbons (Fsp3) is 0.116. The molecular formula is C43H32. The summed E-state index contributed by atoms with van der Waals surface area (Å²) < 4.78 is 0. The molecule has 0 N–H and O–H groups in total. The lowest BCUT2D eigenvalue weighted by Crippen LogP contribution is -2.32. The van der Waals surface area contributed by atoms with Crippen LogP contribution >= 0.6 is 0 Å². The van der Waals surface area contributed by atoms with Gasteiger partial charge in [-0.05, 0) is 124 Å². The zero-order valence-corrected chi connectivity index (χ0v) is 24.6. The second-order valence-corrected chi connectivity index (χ2v) is 12.8. The molecule has 0 saturated carbocycles. The summed E-state index contributed by atoms with van der Waals surface area (Å²) in [5.41, 5.74) is 10.9. The lowest BCUT2D eigenvalue weighted by atomic mass is 9.80. The van der Waals surface area contributed by atoms with Crippen LogP contribution in [0.1, 0.15) is 37.8 Å². The molecule has 7 aromatic carbocycles. The highest BCUT2D eigenvalue weighted by molar-refractivity contribution is 6.03. The summed E-state index contributed by atoms with van der Waals surface area (Å²) in [6.45, 7) is 4.81. The first-order chi connectivity index (χ1) is 21.1. The summed E-state index contributed by atoms with van der Waals surface area (Å²) in [6, 6.07) is 45.4. The van der Waals surface area contributed by atoms with Crippen molar-refractivity contribution in [2.75, 3.05) is 0 Å². The molecule has 0 saturated heterocycles. The van der Waals surface area contributed by atoms with Crippen LogP contribution in [0.5, 0.6) is 0 Å². The maximum Gasteiger partial charge on any atom is 0.0159 e. The number of hydrogen-bond donors (Lipinski definition) is 0. The van der Waals surface area contributed by atoms with Crippen molar-refractivity contribution in [3.05, 3.63) is 143 Å². The summed E-state index contributed by atoms with van der Waals surface area (Å²) in [5.74, 6) is 0. The molecule has 0 unspecified atom stereocenters. The highest BCUT2D eigenvalue weighted by atomic mass is 14.4. The van der Waals surface area contributed by atoms with Gasteiger partial charge in [-0.1, -0.05) is 123 Å². The molecule has 0 fully saturated rings. The quantitative estimate of drug-likeness (QED) is 0.202. The zero-order valence-electron chi connectivity index (χ0n) is 24.6. The van der Waals surface area contributed by atoms with E-state index < -0.39 is 0 Å². The lowest BCUT2D eigenvalue weighted by molar-refractivity contribution is 0.660. The molecular weight excluding hydrogens is 516 g/mol. The zero-order chi connectivity index (χ0) is 28.7. The van der Waals surface area contributed by atoms with Crippen molar-refractivity contribution in [1.29, 1.82) is 0 Å². The van der Waals surface area contributed by atoms with Gasteiger partial charge in [0.25, 0.3) is 0 Å². The van der Waals surface area contributed by atoms with E-state index in [2.05, 4.69) is 147 Å². The van der Waals surface area contributed by atoms with E-state index in [-0.39, 0.29) is 5.41 Å². The van der Waals surface area contributed by atoms with E-state index in [1.165, 1.54) is 87.3 Å². The van der Waals surface area contributed by atoms with E-state index in [1.807, 2.05) is 0 Å². The first kappa shape index (κ1) is 24.6. The van der Waals surface area contributed by atoms with E-state index in [9.17, 15) is 0 Å². The van der Waals surface area contributed by atoms with E-state index in [1.54, 1.807) is 0 Å². The third-order valence-corrected chi connectivity index (χ3v) is 10.0. The Hall–Kier alpha value is -4.94. The van der Waals surface area contributed by atoms with Crippen molar-refractivity contribution < 1.29 is 0 Å². The van der Waals surface area contributed by atoms with Gasteiger partial charge in [-0.25, -0.2) is 0 Å². The van der Waals surface area contributed by atoms with Gasteiger partial charge in [-0.15, -0.1) is 0 Å². The van der Waals surface area contributed by atoms with Crippen LogP contribution in [0, 0.1) is 0 Å². The number of fused-ring (bicyclic) bond motifs is 9. The Morgan fingerprint density at radius 3 is 1.77 bits per heavy atom. The van der Waals surface area contributed by atoms with Gasteiger partial charge in [0.05, 0.1) is 0 Å². The van der Waals surface area contributed by atoms with Crippen molar-refractivity contribution >= 4 is 44.5 Å². The van der Waals surface area contributed by atoms with Gasteiger partial charge in [0, 0.05) is 5.41 Å². The minimum atomic E-state index is -0.0601. The Morgan fingerprint density at radius 2 is 1.00 bits per heavy atom. The topological polar surface area (TPSA) is 0 Å². The van der Waals surface area contributed by atoms with Gasteiger partial charge < -0.3 is 0 Å². The van der Waals surface area contributed by atoms with Crippen LogP contribution in [0.15, 0.2) is 121 Å². The molecule has 0 heteroatoms. The molecule has 2 aliphatic rings. The van der Waals surface area contributed by atoms with Gasteiger partial charge in [-0.3, -0.25) is 0 Å². The Balaban J connectivity index is 1.22. The van der Waals surface area contributed by atoms with Gasteiger partial charge in [0.1, 0.15) is 0 Å². The molecule has 9 rings (SSSR count). The van der Waals surface area contributed by atoms with E-state index >= 15 is 0 Å². The summed E-state index contributed by atoms with van der Waals surface area (Å²) in [6.07, 6.45) is 7.17. The van der Waals surface area contributed by atoms with Crippen LogP contribution in [0.4, 0.5) is 0 Å². The van der Waals surface area contributed by atoms with Crippen molar-refractivity contribution in [1.82, 2.24) is 0 Å². The average Bonchev–Trinajstić information content (AvgIpc) is 3.30. The molecule has 0 amide bonds. The summed E-state index contributed by atoms with van der Waals surface area (Å²) in [5, 5.41) is 10.6. The fourth-order valence-corrected chi connectivity index (χ4v) is 7.78. The number of hydrogen-bond acceptors (Lipinski definition) is 0. The van der Waals surface area contributed by atoms with Gasteiger partial charge >= 0.3 is 0 Å². The Morgan fingerprint density at radius 1 is 0.442 bits per heavy atom. The highest BCUT2D eigenvalue weighted by Gasteiger charge is 2.38. The standard InChI is InChI=1S/C43H32/c1-43(2)39-22-21-28-10-5-6-12-35(28)41(39)42-37-14-8-7-13-36(37)38(26-40(42)43)34-20-19-32-24-31(17-18-33(32)25-34)30-16-15-27-9-3-4-11-29(27)23-30/h3-6,9-26H,7-8H2,1-2H3. The Labute approximate surface area is 252 Å². The lowest BCUT2D eigenvalue weighted by Gasteiger charge is -2.23. The normalized spacial score (nSPS) is 14.7. The minimum Gasteiger partial charge on any atom is -0.0757 e. The van der Waals surface area contributed by atoms with Crippen LogP contribution in [0.25, 0.3) is 77.9 Å². The molecule has 43 heavy (non-hydrogen) atoms. The summed E-state index contributed by atoms with van der Waals surface area (Å²) in [4.78, 5) is 0. The van der Waals surface area contributed by atoms with Gasteiger partial charge in [0.15, 0.2) is 0 Å². The predicted octanol–water partition coefficient (Wildman–Crippen LogP) is 10.1. The SMILES string of the molecule is CC1(C)c2cc(-c3ccc4cc(-c5ccc6ccccc6c5)ccc4c3)c3c(c2-c2c1ccc1ccccc21)=CCCC=3. The van der Waals surface area contributed by atoms with Gasteiger partial charge in [-0.2, -0.15) is 0 Å². The Bertz CT molecular complexity index is 2420. The molecule has 0 radical (unpaired) electrons. The molecule has 204 valence electrons. The van der Waals surface area contributed by atoms with Crippen LogP contribution in [-0.4, -0.2) is 0 Å². The van der Waals surface area contributed by atoms with Crippen molar-refractivity contribution in [3.8, 4) is 33.4 Å². The van der Waals surface area contributed by atoms with Crippen molar-refractivity contribution in [2.45, 2.75) is 32.1 Å². The molecule has 0 spiro atoms. The third kappa shape index (κ3) is 3.63. The molecule has 2 aliphatic carbocycles. The maximum atomic E-state index is 2.52. The molecule has 0 nitrogen and oxygen atoms in total. The number of rotatable bonds is 2. The van der Waals surface area contributed by atoms with Gasteiger partial charge in [0.2, 0.25) is 0 Å². The largest absolute Gasteiger partial charge is 0.0757 e. The molecule has 0 heterocycles. The molecule has 7 aromatic rings. The first-order valence-electron chi connectivity index (χ1n) is 15.5. The highest BCUT2D eigenvalue weighted by Crippen LogP contribution is 2.50. The average molecular weight is 549 g/mol. The van der Waals surface area contributed by atoms with E-state index in [4.69, 9.17) is 0 Å². The smallest absolute Gasteiger partial charge is 0.0159 e. The van der Waals surface area contributed by atoms with E-state index in [0.29, 0.717) is 0 Å². The number of benzene rings is 7. The van der Waals surface area contributed by atoms with Crippen molar-refractivity contribution in [2.24, 2.45) is 0 Å². The second-order valence-electron chi connectivity index (χ2n) is 12.8. The molecule has 0 atom stereocenters. The third-order valence-electron chi connectivity index (χ3n) is 10.0. The minimum absolute atomic E-state index is 0.0601. The summed E-state index contributed by atoms with van der Waals surface area (Å²) in [7, 11) is 0. The Kier molecular flexibility index (Phi) is 5.17. The summed E-state index contributed by atoms with van der Waals surface area (Å²) >= 11 is 0. The van der Waals surface area contributed by atoms with Crippen molar-refractivity contribution in [3.63, 3.8) is 0 Å². The van der Waals surface area contributed by atoms with Crippen LogP contribution in [-0.2, 0) is 5.41 Å². The maximum absolute atomic E-state index is 2.52. The molecule has 0 bridgehead atoms. The monoisotopic (exact) mass is 548 g/mol. The fourth-order valence-electron chi connectivity index (χ4n) is 7.78. The molecule has 0 aromatic heterocycles. The second kappa shape index (κ2) is 9.03. The predicted molar refractivity (Wildman–Crippen MR) is 185 cm³/mol. The van der Waals surface area contributed by atoms with Crippen LogP contribution in [0.3, 0.4) is 0 Å². The van der Waals surface area contributed by atoms with E-state index in [0.717, 1.165) is 12.8 Å². The molecule has 0 aliphatic heterocycles.